The molecule has 1 saturated heterocycles. The number of rotatable bonds is 4. The van der Waals surface area contributed by atoms with Crippen LogP contribution in [0.4, 0.5) is 0 Å². The number of piperidine rings is 1. The van der Waals surface area contributed by atoms with Gasteiger partial charge in [-0.3, -0.25) is 14.5 Å². The number of halogens is 1. The zero-order chi connectivity index (χ0) is 19.1. The Morgan fingerprint density at radius 1 is 1.26 bits per heavy atom. The third-order valence-corrected chi connectivity index (χ3v) is 7.25. The number of carbonyl (C=O) groups excluding carboxylic acids is 2. The van der Waals surface area contributed by atoms with Crippen LogP contribution >= 0.6 is 27.3 Å². The molecular weight excluding hydrogens is 426 g/mol. The summed E-state index contributed by atoms with van der Waals surface area (Å²) in [6.07, 6.45) is 1.89. The highest BCUT2D eigenvalue weighted by Crippen LogP contribution is 2.38. The van der Waals surface area contributed by atoms with Crippen LogP contribution in [0.15, 0.2) is 34.1 Å². The Morgan fingerprint density at radius 2 is 2.00 bits per heavy atom. The van der Waals surface area contributed by atoms with Crippen LogP contribution in [0, 0.1) is 0 Å². The van der Waals surface area contributed by atoms with Crippen LogP contribution in [0.1, 0.15) is 57.0 Å². The number of nitrogens with two attached hydrogens (primary N) is 1. The maximum atomic E-state index is 13.1. The van der Waals surface area contributed by atoms with Crippen molar-refractivity contribution in [1.82, 2.24) is 9.80 Å². The van der Waals surface area contributed by atoms with Crippen molar-refractivity contribution in [2.75, 3.05) is 13.1 Å². The number of hydrogen-bond donors (Lipinski definition) is 1. The normalized spacial score (nSPS) is 20.9. The molecule has 0 aliphatic carbocycles. The molecule has 1 fully saturated rings. The standard InChI is InChI=1S/C20H22BrN3O2S/c1-12-15-3-2-4-16(19(22)25)18(15)20(26)24(12)13-7-9-23(10-8-13)11-14-5-6-17(21)27-14/h2-6,12-13H,7-11H2,1H3,(H2,22,25). The van der Waals surface area contributed by atoms with Crippen molar-refractivity contribution in [3.63, 3.8) is 0 Å². The number of hydrogen-bond acceptors (Lipinski definition) is 4. The summed E-state index contributed by atoms with van der Waals surface area (Å²) < 4.78 is 1.16. The molecule has 27 heavy (non-hydrogen) atoms. The summed E-state index contributed by atoms with van der Waals surface area (Å²) in [5.41, 5.74) is 7.26. The SMILES string of the molecule is CC1c2cccc(C(N)=O)c2C(=O)N1C1CCN(Cc2ccc(Br)s2)CC1. The first kappa shape index (κ1) is 18.7. The van der Waals surface area contributed by atoms with E-state index in [0.29, 0.717) is 11.1 Å². The Balaban J connectivity index is 1.46. The molecule has 142 valence electrons. The summed E-state index contributed by atoms with van der Waals surface area (Å²) in [5, 5.41) is 0. The zero-order valence-corrected chi connectivity index (χ0v) is 17.6. The van der Waals surface area contributed by atoms with Crippen molar-refractivity contribution in [3.8, 4) is 0 Å². The Hall–Kier alpha value is -1.70. The van der Waals surface area contributed by atoms with Gasteiger partial charge in [0.1, 0.15) is 0 Å². The van der Waals surface area contributed by atoms with Gasteiger partial charge in [0.05, 0.1) is 21.0 Å². The fourth-order valence-electron chi connectivity index (χ4n) is 4.31. The van der Waals surface area contributed by atoms with E-state index in [4.69, 9.17) is 5.73 Å². The van der Waals surface area contributed by atoms with Gasteiger partial charge in [-0.25, -0.2) is 0 Å². The van der Waals surface area contributed by atoms with Gasteiger partial charge in [0.2, 0.25) is 5.91 Å². The molecule has 2 amide bonds. The summed E-state index contributed by atoms with van der Waals surface area (Å²) in [4.78, 5) is 30.6. The molecule has 1 unspecified atom stereocenters. The van der Waals surface area contributed by atoms with Crippen LogP contribution in [0.3, 0.4) is 0 Å². The van der Waals surface area contributed by atoms with E-state index in [-0.39, 0.29) is 18.0 Å². The van der Waals surface area contributed by atoms with E-state index in [1.54, 1.807) is 17.4 Å². The van der Waals surface area contributed by atoms with Gasteiger partial charge < -0.3 is 10.6 Å². The lowest BCUT2D eigenvalue weighted by Crippen LogP contribution is -2.45. The molecule has 1 atom stereocenters. The first-order valence-corrected chi connectivity index (χ1v) is 10.8. The summed E-state index contributed by atoms with van der Waals surface area (Å²) >= 11 is 5.29. The van der Waals surface area contributed by atoms with E-state index in [1.165, 1.54) is 4.88 Å². The van der Waals surface area contributed by atoms with E-state index in [1.807, 2.05) is 24.0 Å². The molecule has 2 N–H and O–H groups in total. The minimum absolute atomic E-state index is 0.0170. The fraction of sp³-hybridized carbons (Fsp3) is 0.400. The van der Waals surface area contributed by atoms with Gasteiger partial charge in [0, 0.05) is 30.6 Å². The minimum atomic E-state index is -0.536. The number of nitrogens with zero attached hydrogens (tertiary/aromatic N) is 2. The van der Waals surface area contributed by atoms with Crippen LogP contribution in [-0.4, -0.2) is 40.7 Å². The number of primary amides is 1. The molecule has 2 aromatic rings. The van der Waals surface area contributed by atoms with Crippen molar-refractivity contribution in [1.29, 1.82) is 0 Å². The lowest BCUT2D eigenvalue weighted by Gasteiger charge is -2.38. The van der Waals surface area contributed by atoms with E-state index >= 15 is 0 Å². The Kier molecular flexibility index (Phi) is 5.09. The average molecular weight is 448 g/mol. The van der Waals surface area contributed by atoms with E-state index in [2.05, 4.69) is 33.0 Å². The highest BCUT2D eigenvalue weighted by atomic mass is 79.9. The third kappa shape index (κ3) is 3.44. The van der Waals surface area contributed by atoms with Crippen LogP contribution in [0.5, 0.6) is 0 Å². The van der Waals surface area contributed by atoms with E-state index in [9.17, 15) is 9.59 Å². The maximum absolute atomic E-state index is 13.1. The summed E-state index contributed by atoms with van der Waals surface area (Å²) in [6, 6.07) is 9.84. The smallest absolute Gasteiger partial charge is 0.255 e. The molecule has 0 spiro atoms. The number of fused-ring (bicyclic) bond motifs is 1. The Morgan fingerprint density at radius 3 is 2.63 bits per heavy atom. The molecule has 3 heterocycles. The highest BCUT2D eigenvalue weighted by molar-refractivity contribution is 9.11. The first-order chi connectivity index (χ1) is 13.0. The van der Waals surface area contributed by atoms with E-state index < -0.39 is 5.91 Å². The number of likely N-dealkylation sites (tertiary alicyclic amines) is 1. The Bertz CT molecular complexity index is 889. The molecule has 4 rings (SSSR count). The summed E-state index contributed by atoms with van der Waals surface area (Å²) in [5.74, 6) is -0.585. The lowest BCUT2D eigenvalue weighted by molar-refractivity contribution is 0.0511. The van der Waals surface area contributed by atoms with Crippen molar-refractivity contribution < 1.29 is 9.59 Å². The monoisotopic (exact) mass is 447 g/mol. The van der Waals surface area contributed by atoms with Gasteiger partial charge >= 0.3 is 0 Å². The molecule has 2 aliphatic heterocycles. The largest absolute Gasteiger partial charge is 0.366 e. The van der Waals surface area contributed by atoms with Gasteiger partial charge in [0.25, 0.3) is 5.91 Å². The molecular formula is C20H22BrN3O2S. The van der Waals surface area contributed by atoms with Crippen LogP contribution < -0.4 is 5.73 Å². The minimum Gasteiger partial charge on any atom is -0.366 e. The second-order valence-electron chi connectivity index (χ2n) is 7.24. The van der Waals surface area contributed by atoms with Gasteiger partial charge in [0.15, 0.2) is 0 Å². The average Bonchev–Trinajstić information content (AvgIpc) is 3.17. The quantitative estimate of drug-likeness (QED) is 0.774. The molecule has 7 heteroatoms. The van der Waals surface area contributed by atoms with Crippen molar-refractivity contribution >= 4 is 39.1 Å². The molecule has 2 aliphatic rings. The first-order valence-electron chi connectivity index (χ1n) is 9.17. The second kappa shape index (κ2) is 7.37. The van der Waals surface area contributed by atoms with Gasteiger partial charge in [-0.2, -0.15) is 0 Å². The number of carbonyl (C=O) groups is 2. The Labute approximate surface area is 171 Å². The zero-order valence-electron chi connectivity index (χ0n) is 15.2. The van der Waals surface area contributed by atoms with Gasteiger partial charge in [-0.1, -0.05) is 12.1 Å². The third-order valence-electron chi connectivity index (χ3n) is 5.64. The second-order valence-corrected chi connectivity index (χ2v) is 9.78. The van der Waals surface area contributed by atoms with Crippen molar-refractivity contribution in [2.45, 2.75) is 38.4 Å². The fourth-order valence-corrected chi connectivity index (χ4v) is 5.84. The van der Waals surface area contributed by atoms with E-state index in [0.717, 1.165) is 41.8 Å². The van der Waals surface area contributed by atoms with Gasteiger partial charge in [-0.15, -0.1) is 11.3 Å². The van der Waals surface area contributed by atoms with Crippen LogP contribution in [0.2, 0.25) is 0 Å². The maximum Gasteiger partial charge on any atom is 0.255 e. The predicted molar refractivity (Wildman–Crippen MR) is 110 cm³/mol. The molecule has 5 nitrogen and oxygen atoms in total. The van der Waals surface area contributed by atoms with Crippen molar-refractivity contribution in [3.05, 3.63) is 55.7 Å². The number of benzene rings is 1. The number of amides is 2. The molecule has 1 aromatic heterocycles. The predicted octanol–water partition coefficient (Wildman–Crippen LogP) is 3.79. The summed E-state index contributed by atoms with van der Waals surface area (Å²) in [6.45, 7) is 4.94. The molecule has 1 aromatic carbocycles. The lowest BCUT2D eigenvalue weighted by atomic mass is 9.99. The highest BCUT2D eigenvalue weighted by Gasteiger charge is 2.41. The molecule has 0 radical (unpaired) electrons. The van der Waals surface area contributed by atoms with Crippen LogP contribution in [0.25, 0.3) is 0 Å². The molecule has 0 bridgehead atoms. The van der Waals surface area contributed by atoms with Gasteiger partial charge in [-0.05, 0) is 59.5 Å². The molecule has 0 saturated carbocycles. The summed E-state index contributed by atoms with van der Waals surface area (Å²) in [7, 11) is 0. The number of thiophene rings is 1. The van der Waals surface area contributed by atoms with Crippen LogP contribution in [-0.2, 0) is 6.54 Å². The van der Waals surface area contributed by atoms with Crippen molar-refractivity contribution in [2.24, 2.45) is 5.73 Å². The topological polar surface area (TPSA) is 66.6 Å².